The molecule has 2 aromatic rings. The fourth-order valence-corrected chi connectivity index (χ4v) is 3.02. The molecule has 0 amide bonds. The Labute approximate surface area is 120 Å². The maximum absolute atomic E-state index is 5.74. The molecule has 0 saturated carbocycles. The van der Waals surface area contributed by atoms with Gasteiger partial charge in [0.05, 0.1) is 19.3 Å². The van der Waals surface area contributed by atoms with Crippen LogP contribution in [0.4, 0.5) is 0 Å². The highest BCUT2D eigenvalue weighted by Gasteiger charge is 2.18. The van der Waals surface area contributed by atoms with Gasteiger partial charge in [-0.15, -0.1) is 0 Å². The Kier molecular flexibility index (Phi) is 3.33. The maximum atomic E-state index is 5.74. The monoisotopic (exact) mass is 321 g/mol. The van der Waals surface area contributed by atoms with Gasteiger partial charge in [-0.05, 0) is 24.6 Å². The quantitative estimate of drug-likeness (QED) is 0.944. The van der Waals surface area contributed by atoms with Gasteiger partial charge in [0.1, 0.15) is 5.75 Å². The lowest BCUT2D eigenvalue weighted by atomic mass is 10.1. The van der Waals surface area contributed by atoms with E-state index in [0.29, 0.717) is 13.1 Å². The molecule has 0 aliphatic carbocycles. The fraction of sp³-hybridized carbons (Fsp3) is 0.357. The molecule has 0 bridgehead atoms. The fourth-order valence-electron chi connectivity index (χ4n) is 2.47. The minimum Gasteiger partial charge on any atom is -0.493 e. The van der Waals surface area contributed by atoms with Crippen LogP contribution in [0.15, 0.2) is 22.8 Å². The number of rotatable bonds is 3. The number of benzene rings is 1. The van der Waals surface area contributed by atoms with Crippen molar-refractivity contribution in [2.45, 2.75) is 26.4 Å². The lowest BCUT2D eigenvalue weighted by molar-refractivity contribution is 0.352. The van der Waals surface area contributed by atoms with Crippen molar-refractivity contribution in [3.63, 3.8) is 0 Å². The van der Waals surface area contributed by atoms with Crippen LogP contribution in [-0.2, 0) is 19.5 Å². The van der Waals surface area contributed by atoms with Crippen LogP contribution in [0, 0.1) is 6.92 Å². The van der Waals surface area contributed by atoms with Crippen molar-refractivity contribution in [1.82, 2.24) is 9.78 Å². The van der Waals surface area contributed by atoms with E-state index in [0.717, 1.165) is 40.1 Å². The van der Waals surface area contributed by atoms with Crippen LogP contribution in [-0.4, -0.2) is 16.4 Å². The van der Waals surface area contributed by atoms with Gasteiger partial charge < -0.3 is 10.5 Å². The number of fused-ring (bicyclic) bond motifs is 1. The highest BCUT2D eigenvalue weighted by atomic mass is 79.9. The van der Waals surface area contributed by atoms with Crippen molar-refractivity contribution >= 4 is 15.9 Å². The summed E-state index contributed by atoms with van der Waals surface area (Å²) in [6.07, 6.45) is 2.82. The summed E-state index contributed by atoms with van der Waals surface area (Å²) < 4.78 is 8.81. The summed E-state index contributed by atoms with van der Waals surface area (Å²) in [4.78, 5) is 0. The highest BCUT2D eigenvalue weighted by molar-refractivity contribution is 9.10. The SMILES string of the molecule is Cc1c(CN)cnn1Cc1cc(Br)cc2c1OCC2. The first kappa shape index (κ1) is 12.7. The number of halogens is 1. The van der Waals surface area contributed by atoms with Crippen LogP contribution in [0.2, 0.25) is 0 Å². The molecule has 1 aromatic heterocycles. The van der Waals surface area contributed by atoms with Gasteiger partial charge in [0.2, 0.25) is 0 Å². The van der Waals surface area contributed by atoms with E-state index in [1.807, 2.05) is 17.8 Å². The molecule has 5 heteroatoms. The second kappa shape index (κ2) is 4.98. The molecule has 3 rings (SSSR count). The molecule has 0 saturated heterocycles. The molecule has 0 spiro atoms. The average molecular weight is 322 g/mol. The van der Waals surface area contributed by atoms with Gasteiger partial charge in [0.25, 0.3) is 0 Å². The van der Waals surface area contributed by atoms with Gasteiger partial charge in [-0.2, -0.15) is 5.10 Å². The minimum atomic E-state index is 0.527. The normalized spacial score (nSPS) is 13.4. The molecular weight excluding hydrogens is 306 g/mol. The topological polar surface area (TPSA) is 53.1 Å². The predicted molar refractivity (Wildman–Crippen MR) is 77.3 cm³/mol. The van der Waals surface area contributed by atoms with Gasteiger partial charge in [-0.3, -0.25) is 4.68 Å². The molecule has 100 valence electrons. The number of hydrogen-bond donors (Lipinski definition) is 1. The highest BCUT2D eigenvalue weighted by Crippen LogP contribution is 2.33. The summed E-state index contributed by atoms with van der Waals surface area (Å²) in [5.74, 6) is 1.02. The van der Waals surface area contributed by atoms with Crippen LogP contribution in [0.25, 0.3) is 0 Å². The number of aromatic nitrogens is 2. The largest absolute Gasteiger partial charge is 0.493 e. The average Bonchev–Trinajstić information content (AvgIpc) is 2.97. The molecule has 0 radical (unpaired) electrons. The van der Waals surface area contributed by atoms with Gasteiger partial charge in [0, 0.05) is 34.3 Å². The lowest BCUT2D eigenvalue weighted by Gasteiger charge is -2.11. The number of nitrogens with two attached hydrogens (primary N) is 1. The maximum Gasteiger partial charge on any atom is 0.127 e. The van der Waals surface area contributed by atoms with E-state index in [4.69, 9.17) is 10.5 Å². The lowest BCUT2D eigenvalue weighted by Crippen LogP contribution is -2.06. The summed E-state index contributed by atoms with van der Waals surface area (Å²) in [6.45, 7) is 4.06. The van der Waals surface area contributed by atoms with Crippen molar-refractivity contribution in [3.8, 4) is 5.75 Å². The van der Waals surface area contributed by atoms with Gasteiger partial charge in [-0.1, -0.05) is 15.9 Å². The Morgan fingerprint density at radius 1 is 1.42 bits per heavy atom. The molecule has 2 heterocycles. The standard InChI is InChI=1S/C14H16BrN3O/c1-9-12(6-16)7-17-18(9)8-11-5-13(15)4-10-2-3-19-14(10)11/h4-5,7H,2-3,6,8,16H2,1H3. The van der Waals surface area contributed by atoms with E-state index in [1.165, 1.54) is 5.56 Å². The van der Waals surface area contributed by atoms with E-state index in [-0.39, 0.29) is 0 Å². The smallest absolute Gasteiger partial charge is 0.127 e. The van der Waals surface area contributed by atoms with E-state index >= 15 is 0 Å². The zero-order valence-electron chi connectivity index (χ0n) is 10.8. The molecule has 0 unspecified atom stereocenters. The van der Waals surface area contributed by atoms with Crippen molar-refractivity contribution in [3.05, 3.63) is 45.2 Å². The van der Waals surface area contributed by atoms with E-state index < -0.39 is 0 Å². The Bertz CT molecular complexity index is 621. The van der Waals surface area contributed by atoms with Crippen LogP contribution in [0.1, 0.15) is 22.4 Å². The van der Waals surface area contributed by atoms with Crippen LogP contribution >= 0.6 is 15.9 Å². The van der Waals surface area contributed by atoms with Crippen molar-refractivity contribution in [2.75, 3.05) is 6.61 Å². The Hall–Kier alpha value is -1.33. The molecule has 0 atom stereocenters. The van der Waals surface area contributed by atoms with Gasteiger partial charge in [-0.25, -0.2) is 0 Å². The van der Waals surface area contributed by atoms with Crippen LogP contribution in [0.3, 0.4) is 0 Å². The molecule has 1 aromatic carbocycles. The van der Waals surface area contributed by atoms with Gasteiger partial charge >= 0.3 is 0 Å². The Balaban J connectivity index is 1.97. The van der Waals surface area contributed by atoms with E-state index in [1.54, 1.807) is 0 Å². The first-order chi connectivity index (χ1) is 9.19. The predicted octanol–water partition coefficient (Wildman–Crippen LogP) is 2.40. The summed E-state index contributed by atoms with van der Waals surface area (Å²) in [5.41, 5.74) is 10.3. The molecule has 19 heavy (non-hydrogen) atoms. The van der Waals surface area contributed by atoms with Crippen LogP contribution in [0.5, 0.6) is 5.75 Å². The molecular formula is C14H16BrN3O. The summed E-state index contributed by atoms with van der Waals surface area (Å²) in [5, 5.41) is 4.40. The van der Waals surface area contributed by atoms with Crippen molar-refractivity contribution < 1.29 is 4.74 Å². The minimum absolute atomic E-state index is 0.527. The third-order valence-electron chi connectivity index (χ3n) is 3.57. The number of hydrogen-bond acceptors (Lipinski definition) is 3. The van der Waals surface area contributed by atoms with Gasteiger partial charge in [0.15, 0.2) is 0 Å². The van der Waals surface area contributed by atoms with E-state index in [9.17, 15) is 0 Å². The summed E-state index contributed by atoms with van der Waals surface area (Å²) in [7, 11) is 0. The molecule has 2 N–H and O–H groups in total. The summed E-state index contributed by atoms with van der Waals surface area (Å²) in [6, 6.07) is 4.24. The number of ether oxygens (including phenoxy) is 1. The molecule has 0 fully saturated rings. The third kappa shape index (κ3) is 2.28. The Morgan fingerprint density at radius 2 is 2.26 bits per heavy atom. The molecule has 1 aliphatic rings. The second-order valence-electron chi connectivity index (χ2n) is 4.77. The van der Waals surface area contributed by atoms with Crippen molar-refractivity contribution in [2.24, 2.45) is 5.73 Å². The van der Waals surface area contributed by atoms with E-state index in [2.05, 4.69) is 33.2 Å². The summed E-state index contributed by atoms with van der Waals surface area (Å²) >= 11 is 3.56. The van der Waals surface area contributed by atoms with Crippen LogP contribution < -0.4 is 10.5 Å². The first-order valence-electron chi connectivity index (χ1n) is 6.34. The Morgan fingerprint density at radius 3 is 3.00 bits per heavy atom. The number of nitrogens with zero attached hydrogens (tertiary/aromatic N) is 2. The molecule has 4 nitrogen and oxygen atoms in total. The third-order valence-corrected chi connectivity index (χ3v) is 4.03. The zero-order chi connectivity index (χ0) is 13.4. The zero-order valence-corrected chi connectivity index (χ0v) is 12.4. The van der Waals surface area contributed by atoms with Crippen molar-refractivity contribution in [1.29, 1.82) is 0 Å². The second-order valence-corrected chi connectivity index (χ2v) is 5.68. The molecule has 1 aliphatic heterocycles. The first-order valence-corrected chi connectivity index (χ1v) is 7.14.